The minimum Gasteiger partial charge on any atom is -0.325 e. The van der Waals surface area contributed by atoms with Crippen molar-refractivity contribution in [2.24, 2.45) is 0 Å². The molecule has 2 N–H and O–H groups in total. The van der Waals surface area contributed by atoms with Crippen molar-refractivity contribution in [1.29, 1.82) is 0 Å². The Morgan fingerprint density at radius 1 is 1.19 bits per heavy atom. The van der Waals surface area contributed by atoms with Crippen molar-refractivity contribution in [2.45, 2.75) is 11.3 Å². The quantitative estimate of drug-likeness (QED) is 0.483. The predicted octanol–water partition coefficient (Wildman–Crippen LogP) is 3.32. The molecule has 0 aromatic heterocycles. The van der Waals surface area contributed by atoms with Crippen LogP contribution in [-0.4, -0.2) is 25.8 Å². The summed E-state index contributed by atoms with van der Waals surface area (Å²) in [6.45, 7) is -0.140. The van der Waals surface area contributed by atoms with Crippen molar-refractivity contribution in [2.75, 3.05) is 11.9 Å². The molecular weight excluding hydrogens is 450 g/mol. The number of carbonyl (C=O) groups excluding carboxylic acids is 1. The number of nitrogens with one attached hydrogen (secondary N) is 2. The number of benzene rings is 2. The van der Waals surface area contributed by atoms with Crippen LogP contribution in [0.4, 0.5) is 11.4 Å². The lowest BCUT2D eigenvalue weighted by molar-refractivity contribution is -0.384. The Labute approximate surface area is 162 Å². The molecule has 0 fully saturated rings. The molecule has 0 aliphatic carbocycles. The lowest BCUT2D eigenvalue weighted by atomic mass is 10.3. The third-order valence-electron chi connectivity index (χ3n) is 3.21. The highest BCUT2D eigenvalue weighted by Crippen LogP contribution is 2.25. The standard InChI is InChI=1S/C15H13BrClN3O5S/c16-10-1-6-14(13(17)9-10)19-15(21)7-8-18-26(24,25)12-4-2-11(3-5-12)20(22)23/h1-6,9,18H,7-8H2,(H,19,21). The minimum atomic E-state index is -3.87. The second-order valence-electron chi connectivity index (χ2n) is 5.07. The molecule has 0 bridgehead atoms. The molecule has 0 aliphatic heterocycles. The van der Waals surface area contributed by atoms with E-state index in [-0.39, 0.29) is 23.5 Å². The summed E-state index contributed by atoms with van der Waals surface area (Å²) in [5.41, 5.74) is 0.202. The lowest BCUT2D eigenvalue weighted by Crippen LogP contribution is -2.27. The molecule has 0 saturated carbocycles. The van der Waals surface area contributed by atoms with Crippen molar-refractivity contribution < 1.29 is 18.1 Å². The largest absolute Gasteiger partial charge is 0.325 e. The second kappa shape index (κ2) is 8.58. The molecule has 2 rings (SSSR count). The number of hydrogen-bond donors (Lipinski definition) is 2. The van der Waals surface area contributed by atoms with E-state index in [1.165, 1.54) is 0 Å². The molecular formula is C15H13BrClN3O5S. The van der Waals surface area contributed by atoms with Crippen molar-refractivity contribution in [3.8, 4) is 0 Å². The van der Waals surface area contributed by atoms with Crippen molar-refractivity contribution >= 4 is 54.8 Å². The molecule has 0 heterocycles. The van der Waals surface area contributed by atoms with Gasteiger partial charge in [-0.15, -0.1) is 0 Å². The van der Waals surface area contributed by atoms with Crippen molar-refractivity contribution in [3.63, 3.8) is 0 Å². The maximum atomic E-state index is 12.1. The molecule has 1 amide bonds. The summed E-state index contributed by atoms with van der Waals surface area (Å²) in [5, 5.41) is 13.5. The number of hydrogen-bond acceptors (Lipinski definition) is 5. The van der Waals surface area contributed by atoms with E-state index in [0.29, 0.717) is 10.7 Å². The summed E-state index contributed by atoms with van der Waals surface area (Å²) >= 11 is 9.24. The second-order valence-corrected chi connectivity index (χ2v) is 8.16. The Kier molecular flexibility index (Phi) is 6.70. The summed E-state index contributed by atoms with van der Waals surface area (Å²) in [7, 11) is -3.87. The first-order chi connectivity index (χ1) is 12.2. The summed E-state index contributed by atoms with van der Waals surface area (Å²) < 4.78 is 27.2. The van der Waals surface area contributed by atoms with Crippen LogP contribution in [0.25, 0.3) is 0 Å². The summed E-state index contributed by atoms with van der Waals surface area (Å²) in [6.07, 6.45) is -0.112. The van der Waals surface area contributed by atoms with E-state index < -0.39 is 20.9 Å². The molecule has 2 aromatic carbocycles. The average molecular weight is 463 g/mol. The molecule has 0 unspecified atom stereocenters. The number of nitrogens with zero attached hydrogens (tertiary/aromatic N) is 1. The molecule has 26 heavy (non-hydrogen) atoms. The Bertz CT molecular complexity index is 935. The van der Waals surface area contributed by atoms with E-state index in [1.54, 1.807) is 18.2 Å². The van der Waals surface area contributed by atoms with Gasteiger partial charge >= 0.3 is 0 Å². The van der Waals surface area contributed by atoms with Gasteiger partial charge in [0.1, 0.15) is 0 Å². The molecule has 0 radical (unpaired) electrons. The smallest absolute Gasteiger partial charge is 0.269 e. The van der Waals surface area contributed by atoms with Gasteiger partial charge in [-0.3, -0.25) is 14.9 Å². The van der Waals surface area contributed by atoms with E-state index >= 15 is 0 Å². The molecule has 8 nitrogen and oxygen atoms in total. The van der Waals surface area contributed by atoms with Crippen LogP contribution in [0.1, 0.15) is 6.42 Å². The highest BCUT2D eigenvalue weighted by atomic mass is 79.9. The van der Waals surface area contributed by atoms with Crippen LogP contribution >= 0.6 is 27.5 Å². The molecule has 0 aliphatic rings. The SMILES string of the molecule is O=C(CCNS(=O)(=O)c1ccc([N+](=O)[O-])cc1)Nc1ccc(Br)cc1Cl. The number of halogens is 2. The van der Waals surface area contributed by atoms with Gasteiger partial charge in [0, 0.05) is 29.6 Å². The van der Waals surface area contributed by atoms with Gasteiger partial charge in [0.25, 0.3) is 5.69 Å². The zero-order valence-corrected chi connectivity index (χ0v) is 16.3. The fraction of sp³-hybridized carbons (Fsp3) is 0.133. The fourth-order valence-electron chi connectivity index (χ4n) is 1.93. The highest BCUT2D eigenvalue weighted by molar-refractivity contribution is 9.10. The van der Waals surface area contributed by atoms with Gasteiger partial charge in [0.2, 0.25) is 15.9 Å². The molecule has 0 spiro atoms. The average Bonchev–Trinajstić information content (AvgIpc) is 2.57. The third-order valence-corrected chi connectivity index (χ3v) is 5.49. The molecule has 0 saturated heterocycles. The van der Waals surface area contributed by atoms with Crippen LogP contribution in [-0.2, 0) is 14.8 Å². The summed E-state index contributed by atoms with van der Waals surface area (Å²) in [5.74, 6) is -0.416. The van der Waals surface area contributed by atoms with Crippen LogP contribution in [0.15, 0.2) is 51.8 Å². The van der Waals surface area contributed by atoms with E-state index in [2.05, 4.69) is 26.0 Å². The fourth-order valence-corrected chi connectivity index (χ4v) is 3.69. The molecule has 138 valence electrons. The summed E-state index contributed by atoms with van der Waals surface area (Å²) in [6, 6.07) is 9.39. The Hall–Kier alpha value is -2.01. The maximum Gasteiger partial charge on any atom is 0.269 e. The monoisotopic (exact) mass is 461 g/mol. The molecule has 11 heteroatoms. The number of nitro benzene ring substituents is 1. The van der Waals surface area contributed by atoms with E-state index in [9.17, 15) is 23.3 Å². The van der Waals surface area contributed by atoms with Crippen LogP contribution in [0.2, 0.25) is 5.02 Å². The van der Waals surface area contributed by atoms with Crippen LogP contribution in [0, 0.1) is 10.1 Å². The van der Waals surface area contributed by atoms with Crippen molar-refractivity contribution in [3.05, 3.63) is 62.1 Å². The normalized spacial score (nSPS) is 11.2. The maximum absolute atomic E-state index is 12.1. The molecule has 2 aromatic rings. The van der Waals surface area contributed by atoms with Crippen LogP contribution < -0.4 is 10.0 Å². The third kappa shape index (κ3) is 5.49. The minimum absolute atomic E-state index is 0.112. The Morgan fingerprint density at radius 2 is 1.85 bits per heavy atom. The first-order valence-corrected chi connectivity index (χ1v) is 9.83. The van der Waals surface area contributed by atoms with Gasteiger partial charge in [0.05, 0.1) is 20.5 Å². The topological polar surface area (TPSA) is 118 Å². The zero-order chi connectivity index (χ0) is 19.3. The van der Waals surface area contributed by atoms with Crippen LogP contribution in [0.3, 0.4) is 0 Å². The molecule has 0 atom stereocenters. The lowest BCUT2D eigenvalue weighted by Gasteiger charge is -2.09. The first kappa shape index (κ1) is 20.3. The van der Waals surface area contributed by atoms with Gasteiger partial charge in [-0.2, -0.15) is 0 Å². The highest BCUT2D eigenvalue weighted by Gasteiger charge is 2.16. The number of sulfonamides is 1. The number of amides is 1. The van der Waals surface area contributed by atoms with Crippen molar-refractivity contribution in [1.82, 2.24) is 4.72 Å². The number of rotatable bonds is 7. The number of anilines is 1. The van der Waals surface area contributed by atoms with Gasteiger partial charge < -0.3 is 5.32 Å². The summed E-state index contributed by atoms with van der Waals surface area (Å²) in [4.78, 5) is 21.7. The van der Waals surface area contributed by atoms with Gasteiger partial charge in [-0.25, -0.2) is 13.1 Å². The number of non-ortho nitro benzene ring substituents is 1. The van der Waals surface area contributed by atoms with Gasteiger partial charge in [0.15, 0.2) is 0 Å². The predicted molar refractivity (Wildman–Crippen MR) is 101 cm³/mol. The first-order valence-electron chi connectivity index (χ1n) is 7.18. The van der Waals surface area contributed by atoms with Gasteiger partial charge in [-0.1, -0.05) is 27.5 Å². The Balaban J connectivity index is 1.91. The number of carbonyl (C=O) groups is 1. The Morgan fingerprint density at radius 3 is 2.42 bits per heavy atom. The van der Waals surface area contributed by atoms with E-state index in [4.69, 9.17) is 11.6 Å². The zero-order valence-electron chi connectivity index (χ0n) is 13.1. The van der Waals surface area contributed by atoms with E-state index in [1.807, 2.05) is 0 Å². The van der Waals surface area contributed by atoms with Gasteiger partial charge in [-0.05, 0) is 30.3 Å². The van der Waals surface area contributed by atoms with E-state index in [0.717, 1.165) is 28.7 Å². The van der Waals surface area contributed by atoms with Crippen LogP contribution in [0.5, 0.6) is 0 Å². The number of nitro groups is 1.